The Bertz CT molecular complexity index is 856. The topological polar surface area (TPSA) is 45.2 Å². The second kappa shape index (κ2) is 8.71. The lowest BCUT2D eigenvalue weighted by Crippen LogP contribution is -2.37. The van der Waals surface area contributed by atoms with Crippen molar-refractivity contribution in [1.29, 1.82) is 0 Å². The minimum absolute atomic E-state index is 0.0367. The van der Waals surface area contributed by atoms with E-state index in [4.69, 9.17) is 23.2 Å². The van der Waals surface area contributed by atoms with Gasteiger partial charge in [-0.05, 0) is 47.0 Å². The van der Waals surface area contributed by atoms with E-state index in [1.165, 1.54) is 21.8 Å². The number of thiophene rings is 1. The van der Waals surface area contributed by atoms with Crippen molar-refractivity contribution in [2.24, 2.45) is 0 Å². The molecule has 2 unspecified atom stereocenters. The minimum atomic E-state index is -0.653. The van der Waals surface area contributed by atoms with Crippen molar-refractivity contribution in [2.75, 3.05) is 0 Å². The molecular weight excluding hydrogens is 395 g/mol. The normalized spacial score (nSPS) is 13.9. The molecule has 3 aromatic rings. The van der Waals surface area contributed by atoms with Crippen LogP contribution >= 0.6 is 46.3 Å². The number of aromatic nitrogens is 1. The molecule has 2 heterocycles. The van der Waals surface area contributed by atoms with Gasteiger partial charge in [0.15, 0.2) is 0 Å². The van der Waals surface area contributed by atoms with Gasteiger partial charge >= 0.3 is 0 Å². The summed E-state index contributed by atoms with van der Waals surface area (Å²) < 4.78 is 1.27. The molecule has 0 spiro atoms. The molecule has 7 heteroatoms. The maximum absolute atomic E-state index is 10.5. The summed E-state index contributed by atoms with van der Waals surface area (Å²) in [7, 11) is 0. The number of hydrogen-bond donors (Lipinski definition) is 2. The lowest BCUT2D eigenvalue weighted by molar-refractivity contribution is 0.131. The van der Waals surface area contributed by atoms with Crippen LogP contribution in [-0.4, -0.2) is 21.6 Å². The summed E-state index contributed by atoms with van der Waals surface area (Å²) in [6, 6.07) is 10.1. The van der Waals surface area contributed by atoms with Crippen LogP contribution in [0.1, 0.15) is 18.9 Å². The second-order valence-electron chi connectivity index (χ2n) is 5.62. The van der Waals surface area contributed by atoms with Gasteiger partial charge in [0, 0.05) is 27.6 Å². The van der Waals surface area contributed by atoms with Gasteiger partial charge in [-0.25, -0.2) is 4.98 Å². The molecule has 132 valence electrons. The molecule has 0 fully saturated rings. The first-order valence-corrected chi connectivity index (χ1v) is 10.4. The van der Waals surface area contributed by atoms with Crippen LogP contribution in [0.2, 0.25) is 10.2 Å². The van der Waals surface area contributed by atoms with Crippen molar-refractivity contribution in [3.05, 3.63) is 57.6 Å². The van der Waals surface area contributed by atoms with Crippen molar-refractivity contribution in [1.82, 2.24) is 10.3 Å². The number of pyridine rings is 1. The number of aliphatic hydroxyl groups is 1. The van der Waals surface area contributed by atoms with Crippen LogP contribution < -0.4 is 5.32 Å². The highest BCUT2D eigenvalue weighted by atomic mass is 35.5. The fourth-order valence-electron chi connectivity index (χ4n) is 2.50. The van der Waals surface area contributed by atoms with Gasteiger partial charge in [0.2, 0.25) is 0 Å². The van der Waals surface area contributed by atoms with E-state index in [0.717, 1.165) is 16.9 Å². The van der Waals surface area contributed by atoms with Crippen molar-refractivity contribution >= 4 is 56.4 Å². The maximum atomic E-state index is 10.5. The Morgan fingerprint density at radius 2 is 2.12 bits per heavy atom. The van der Waals surface area contributed by atoms with Crippen molar-refractivity contribution < 1.29 is 5.11 Å². The van der Waals surface area contributed by atoms with Gasteiger partial charge in [0.25, 0.3) is 0 Å². The van der Waals surface area contributed by atoms with E-state index in [1.54, 1.807) is 23.6 Å². The Kier molecular flexibility index (Phi) is 6.61. The predicted octanol–water partition coefficient (Wildman–Crippen LogP) is 5.58. The van der Waals surface area contributed by atoms with Crippen LogP contribution in [0.25, 0.3) is 10.1 Å². The van der Waals surface area contributed by atoms with Crippen molar-refractivity contribution in [3.63, 3.8) is 0 Å². The highest BCUT2D eigenvalue weighted by molar-refractivity contribution is 8.00. The first-order valence-electron chi connectivity index (χ1n) is 7.92. The summed E-state index contributed by atoms with van der Waals surface area (Å²) >= 11 is 15.3. The number of thioether (sulfide) groups is 1. The van der Waals surface area contributed by atoms with E-state index >= 15 is 0 Å². The van der Waals surface area contributed by atoms with E-state index < -0.39 is 6.23 Å². The largest absolute Gasteiger partial charge is 0.377 e. The Morgan fingerprint density at radius 1 is 1.28 bits per heavy atom. The highest BCUT2D eigenvalue weighted by Gasteiger charge is 2.20. The van der Waals surface area contributed by atoms with Crippen LogP contribution in [0.4, 0.5) is 0 Å². The molecule has 1 aromatic carbocycles. The summed E-state index contributed by atoms with van der Waals surface area (Å²) in [6.07, 6.45) is 1.79. The molecule has 0 saturated heterocycles. The molecule has 2 N–H and O–H groups in total. The van der Waals surface area contributed by atoms with E-state index in [9.17, 15) is 5.11 Å². The Labute approximate surface area is 165 Å². The molecule has 0 saturated carbocycles. The number of benzene rings is 1. The summed E-state index contributed by atoms with van der Waals surface area (Å²) in [4.78, 5) is 4.88. The summed E-state index contributed by atoms with van der Waals surface area (Å²) in [6.45, 7) is 2.65. The van der Waals surface area contributed by atoms with E-state index in [1.807, 2.05) is 6.92 Å². The fourth-order valence-corrected chi connectivity index (χ4v) is 4.77. The number of rotatable bonds is 7. The summed E-state index contributed by atoms with van der Waals surface area (Å²) in [5.74, 6) is 0. The zero-order valence-corrected chi connectivity index (χ0v) is 16.7. The smallest absolute Gasteiger partial charge is 0.130 e. The molecule has 3 rings (SSSR count). The van der Waals surface area contributed by atoms with Gasteiger partial charge in [-0.3, -0.25) is 5.32 Å². The Hall–Kier alpha value is -0.820. The van der Waals surface area contributed by atoms with Crippen molar-refractivity contribution in [3.8, 4) is 0 Å². The third kappa shape index (κ3) is 4.88. The highest BCUT2D eigenvalue weighted by Crippen LogP contribution is 2.33. The molecule has 0 bridgehead atoms. The third-order valence-electron chi connectivity index (χ3n) is 3.85. The van der Waals surface area contributed by atoms with Gasteiger partial charge in [-0.15, -0.1) is 23.1 Å². The monoisotopic (exact) mass is 412 g/mol. The van der Waals surface area contributed by atoms with Crippen LogP contribution in [0.5, 0.6) is 0 Å². The van der Waals surface area contributed by atoms with Gasteiger partial charge < -0.3 is 5.11 Å². The molecule has 3 nitrogen and oxygen atoms in total. The average molecular weight is 413 g/mol. The number of hydrogen-bond acceptors (Lipinski definition) is 5. The van der Waals surface area contributed by atoms with Crippen LogP contribution in [0.3, 0.4) is 0 Å². The van der Waals surface area contributed by atoms with E-state index in [0.29, 0.717) is 16.7 Å². The first-order chi connectivity index (χ1) is 12.1. The molecule has 2 atom stereocenters. The van der Waals surface area contributed by atoms with Gasteiger partial charge in [-0.1, -0.05) is 36.2 Å². The fraction of sp³-hybridized carbons (Fsp3) is 0.278. The van der Waals surface area contributed by atoms with Crippen LogP contribution in [0, 0.1) is 0 Å². The van der Waals surface area contributed by atoms with Crippen LogP contribution in [-0.2, 0) is 6.54 Å². The minimum Gasteiger partial charge on any atom is -0.377 e. The summed E-state index contributed by atoms with van der Waals surface area (Å²) in [5.41, 5.74) is 1.15. The SMILES string of the molecule is CCC(Sc1cnc(Cl)cc1Cl)C(O)NCc1ccc2sccc2c1. The number of aliphatic hydroxyl groups excluding tert-OH is 1. The number of fused-ring (bicyclic) bond motifs is 1. The zero-order valence-electron chi connectivity index (χ0n) is 13.6. The van der Waals surface area contributed by atoms with Crippen molar-refractivity contribution in [2.45, 2.75) is 36.3 Å². The molecule has 25 heavy (non-hydrogen) atoms. The predicted molar refractivity (Wildman–Crippen MR) is 109 cm³/mol. The maximum Gasteiger partial charge on any atom is 0.130 e. The molecule has 0 amide bonds. The summed E-state index contributed by atoms with van der Waals surface area (Å²) in [5, 5.41) is 17.9. The van der Waals surface area contributed by atoms with Crippen LogP contribution in [0.15, 0.2) is 46.8 Å². The standard InChI is InChI=1S/C18H18Cl2N2OS2/c1-2-14(25-16-10-21-17(20)8-13(16)19)18(23)22-9-11-3-4-15-12(7-11)5-6-24-15/h3-8,10,14,18,22-23H,2,9H2,1H3. The molecule has 2 aromatic heterocycles. The molecular formula is C18H18Cl2N2OS2. The quantitative estimate of drug-likeness (QED) is 0.302. The zero-order chi connectivity index (χ0) is 17.8. The molecule has 0 radical (unpaired) electrons. The number of nitrogens with one attached hydrogen (secondary N) is 1. The van der Waals surface area contributed by atoms with E-state index in [2.05, 4.69) is 39.9 Å². The van der Waals surface area contributed by atoms with Gasteiger partial charge in [0.05, 0.1) is 5.02 Å². The number of halogens is 2. The molecule has 0 aliphatic rings. The molecule has 0 aliphatic heterocycles. The average Bonchev–Trinajstić information content (AvgIpc) is 3.07. The molecule has 0 aliphatic carbocycles. The van der Waals surface area contributed by atoms with Gasteiger partial charge in [0.1, 0.15) is 11.4 Å². The first kappa shape index (κ1) is 19.0. The lowest BCUT2D eigenvalue weighted by atomic mass is 10.1. The van der Waals surface area contributed by atoms with Gasteiger partial charge in [-0.2, -0.15) is 0 Å². The van der Waals surface area contributed by atoms with E-state index in [-0.39, 0.29) is 5.25 Å². The second-order valence-corrected chi connectivity index (χ2v) is 8.64. The third-order valence-corrected chi connectivity index (χ3v) is 6.85. The number of nitrogens with zero attached hydrogens (tertiary/aromatic N) is 1. The Balaban J connectivity index is 1.62. The lowest BCUT2D eigenvalue weighted by Gasteiger charge is -2.22. The Morgan fingerprint density at radius 3 is 2.88 bits per heavy atom.